The number of rotatable bonds is 4. The van der Waals surface area contributed by atoms with Crippen molar-refractivity contribution in [2.75, 3.05) is 5.73 Å². The molecule has 32 heavy (non-hydrogen) atoms. The summed E-state index contributed by atoms with van der Waals surface area (Å²) in [5.41, 5.74) is 12.2. The van der Waals surface area contributed by atoms with Crippen molar-refractivity contribution in [2.45, 2.75) is 19.8 Å². The number of nitrogen functional groups attached to an aromatic ring is 1. The van der Waals surface area contributed by atoms with Gasteiger partial charge in [0, 0.05) is 31.2 Å². The molecule has 9 nitrogen and oxygen atoms in total. The van der Waals surface area contributed by atoms with Crippen LogP contribution in [0.4, 0.5) is 5.69 Å². The number of nitrogens with two attached hydrogens (primary N) is 1. The molecule has 2 N–H and O–H groups in total. The van der Waals surface area contributed by atoms with E-state index in [1.165, 1.54) is 0 Å². The lowest BCUT2D eigenvalue weighted by molar-refractivity contribution is 0.768. The number of aryl methyl sites for hydroxylation is 1. The topological polar surface area (TPSA) is 116 Å². The Hall–Kier alpha value is -4.45. The zero-order chi connectivity index (χ0) is 22.4. The van der Waals surface area contributed by atoms with Gasteiger partial charge in [0.2, 0.25) is 0 Å². The van der Waals surface area contributed by atoms with Gasteiger partial charge in [-0.15, -0.1) is 0 Å². The first-order chi connectivity index (χ1) is 15.5. The van der Waals surface area contributed by atoms with Gasteiger partial charge >= 0.3 is 0 Å². The van der Waals surface area contributed by atoms with Crippen LogP contribution in [0.3, 0.4) is 0 Å². The number of anilines is 1. The highest BCUT2D eigenvalue weighted by Gasteiger charge is 2.21. The third-order valence-electron chi connectivity index (χ3n) is 5.37. The second kappa shape index (κ2) is 7.35. The average Bonchev–Trinajstić information content (AvgIpc) is 3.51. The van der Waals surface area contributed by atoms with Gasteiger partial charge in [0.1, 0.15) is 0 Å². The van der Waals surface area contributed by atoms with E-state index in [-0.39, 0.29) is 5.92 Å². The molecule has 0 saturated carbocycles. The van der Waals surface area contributed by atoms with Crippen LogP contribution in [-0.2, 0) is 7.05 Å². The van der Waals surface area contributed by atoms with Gasteiger partial charge in [-0.3, -0.25) is 4.68 Å². The zero-order valence-electron chi connectivity index (χ0n) is 17.9. The summed E-state index contributed by atoms with van der Waals surface area (Å²) in [6, 6.07) is 9.25. The summed E-state index contributed by atoms with van der Waals surface area (Å²) in [6.07, 6.45) is 9.24. The summed E-state index contributed by atoms with van der Waals surface area (Å²) >= 11 is 0. The Morgan fingerprint density at radius 2 is 1.94 bits per heavy atom. The van der Waals surface area contributed by atoms with Gasteiger partial charge in [0.05, 0.1) is 58.0 Å². The molecule has 0 aliphatic carbocycles. The second-order valence-electron chi connectivity index (χ2n) is 7.93. The third-order valence-corrected chi connectivity index (χ3v) is 5.37. The summed E-state index contributed by atoms with van der Waals surface area (Å²) in [6.45, 7) is 4.19. The van der Waals surface area contributed by atoms with Crippen molar-refractivity contribution in [3.05, 3.63) is 66.6 Å². The van der Waals surface area contributed by atoms with Crippen LogP contribution >= 0.6 is 0 Å². The van der Waals surface area contributed by atoms with E-state index in [2.05, 4.69) is 35.0 Å². The maximum absolute atomic E-state index is 9.17. The largest absolute Gasteiger partial charge is 0.397 e. The normalized spacial score (nSPS) is 11.3. The van der Waals surface area contributed by atoms with Crippen LogP contribution in [0.25, 0.3) is 33.7 Å². The molecule has 0 bridgehead atoms. The number of hydrogen-bond acceptors (Lipinski definition) is 6. The number of imidazole rings is 1. The molecule has 9 heteroatoms. The molecule has 0 aliphatic heterocycles. The quantitative estimate of drug-likeness (QED) is 0.442. The summed E-state index contributed by atoms with van der Waals surface area (Å²) in [7, 11) is 1.88. The van der Waals surface area contributed by atoms with Gasteiger partial charge in [-0.05, 0) is 30.2 Å². The lowest BCUT2D eigenvalue weighted by atomic mass is 10.1. The number of nitriles is 1. The van der Waals surface area contributed by atoms with E-state index in [0.717, 1.165) is 28.0 Å². The zero-order valence-corrected chi connectivity index (χ0v) is 17.9. The van der Waals surface area contributed by atoms with Crippen LogP contribution < -0.4 is 5.73 Å². The third kappa shape index (κ3) is 3.09. The van der Waals surface area contributed by atoms with Gasteiger partial charge in [0.25, 0.3) is 0 Å². The Kier molecular flexibility index (Phi) is 4.48. The summed E-state index contributed by atoms with van der Waals surface area (Å²) in [4.78, 5) is 9.20. The number of hydrogen-bond donors (Lipinski definition) is 1. The van der Waals surface area contributed by atoms with Gasteiger partial charge < -0.3 is 10.3 Å². The fourth-order valence-electron chi connectivity index (χ4n) is 3.81. The van der Waals surface area contributed by atoms with Gasteiger partial charge in [-0.25, -0.2) is 14.6 Å². The fourth-order valence-corrected chi connectivity index (χ4v) is 3.81. The van der Waals surface area contributed by atoms with Crippen LogP contribution in [-0.4, -0.2) is 34.1 Å². The molecule has 5 rings (SSSR count). The lowest BCUT2D eigenvalue weighted by Gasteiger charge is -2.08. The molecule has 0 unspecified atom stereocenters. The first-order valence-electron chi connectivity index (χ1n) is 10.2. The van der Waals surface area contributed by atoms with Crippen molar-refractivity contribution in [3.63, 3.8) is 0 Å². The predicted molar refractivity (Wildman–Crippen MR) is 121 cm³/mol. The van der Waals surface area contributed by atoms with Gasteiger partial charge in [-0.1, -0.05) is 13.8 Å². The molecular formula is C23H21N9. The Morgan fingerprint density at radius 3 is 2.62 bits per heavy atom. The number of aromatic nitrogens is 7. The highest BCUT2D eigenvalue weighted by Crippen LogP contribution is 2.32. The number of benzene rings is 1. The molecule has 0 radical (unpaired) electrons. The highest BCUT2D eigenvalue weighted by molar-refractivity contribution is 5.89. The van der Waals surface area contributed by atoms with Crippen molar-refractivity contribution in [1.82, 2.24) is 34.1 Å². The molecule has 0 saturated heterocycles. The van der Waals surface area contributed by atoms with E-state index in [0.29, 0.717) is 22.6 Å². The smallest absolute Gasteiger partial charge is 0.165 e. The SMILES string of the molecule is CC(C)c1nn(-c2ccc(C#N)cc2N)c2nccc(-n3cnc(-c4cnn(C)c4)c3)c12. The van der Waals surface area contributed by atoms with E-state index in [9.17, 15) is 0 Å². The number of nitrogens with zero attached hydrogens (tertiary/aromatic N) is 8. The van der Waals surface area contributed by atoms with E-state index >= 15 is 0 Å². The monoisotopic (exact) mass is 423 g/mol. The van der Waals surface area contributed by atoms with Gasteiger partial charge in [-0.2, -0.15) is 15.5 Å². The summed E-state index contributed by atoms with van der Waals surface area (Å²) in [5, 5.41) is 19.2. The van der Waals surface area contributed by atoms with Crippen LogP contribution in [0.1, 0.15) is 31.0 Å². The minimum Gasteiger partial charge on any atom is -0.397 e. The molecule has 5 aromatic rings. The Morgan fingerprint density at radius 1 is 1.09 bits per heavy atom. The van der Waals surface area contributed by atoms with Crippen molar-refractivity contribution in [2.24, 2.45) is 7.05 Å². The van der Waals surface area contributed by atoms with Crippen LogP contribution in [0, 0.1) is 11.3 Å². The van der Waals surface area contributed by atoms with Crippen molar-refractivity contribution >= 4 is 16.7 Å². The molecule has 0 fully saturated rings. The molecule has 158 valence electrons. The maximum Gasteiger partial charge on any atom is 0.165 e. The molecule has 0 atom stereocenters. The number of pyridine rings is 1. The predicted octanol–water partition coefficient (Wildman–Crippen LogP) is 3.58. The Bertz CT molecular complexity index is 1490. The molecule has 4 aromatic heterocycles. The molecule has 0 spiro atoms. The van der Waals surface area contributed by atoms with Crippen LogP contribution in [0.5, 0.6) is 0 Å². The Labute approximate surface area is 184 Å². The van der Waals surface area contributed by atoms with E-state index in [1.54, 1.807) is 46.3 Å². The molecular weight excluding hydrogens is 402 g/mol. The molecule has 0 aliphatic rings. The van der Waals surface area contributed by atoms with E-state index in [4.69, 9.17) is 16.1 Å². The summed E-state index contributed by atoms with van der Waals surface area (Å²) in [5.74, 6) is 0.155. The van der Waals surface area contributed by atoms with Crippen molar-refractivity contribution in [3.8, 4) is 28.7 Å². The summed E-state index contributed by atoms with van der Waals surface area (Å²) < 4.78 is 5.48. The number of fused-ring (bicyclic) bond motifs is 1. The highest BCUT2D eigenvalue weighted by atomic mass is 15.3. The maximum atomic E-state index is 9.17. The first-order valence-corrected chi connectivity index (χ1v) is 10.2. The van der Waals surface area contributed by atoms with Crippen LogP contribution in [0.15, 0.2) is 55.4 Å². The van der Waals surface area contributed by atoms with Gasteiger partial charge in [0.15, 0.2) is 5.65 Å². The Balaban J connectivity index is 1.71. The van der Waals surface area contributed by atoms with E-state index < -0.39 is 0 Å². The van der Waals surface area contributed by atoms with E-state index in [1.807, 2.05) is 30.1 Å². The molecule has 0 amide bonds. The lowest BCUT2D eigenvalue weighted by Crippen LogP contribution is -2.03. The van der Waals surface area contributed by atoms with Crippen LogP contribution in [0.2, 0.25) is 0 Å². The first kappa shape index (κ1) is 19.5. The molecule has 4 heterocycles. The molecule has 1 aromatic carbocycles. The average molecular weight is 423 g/mol. The second-order valence-corrected chi connectivity index (χ2v) is 7.93. The fraction of sp³-hybridized carbons (Fsp3) is 0.174. The standard InChI is InChI=1S/C23H21N9/c1-14(2)22-21-20(31-12-18(27-13-31)16-10-28-30(3)11-16)6-7-26-23(21)32(29-22)19-5-4-15(9-24)8-17(19)25/h4-8,10-14H,25H2,1-3H3. The van der Waals surface area contributed by atoms with Crippen molar-refractivity contribution < 1.29 is 0 Å². The minimum absolute atomic E-state index is 0.155. The minimum atomic E-state index is 0.155. The van der Waals surface area contributed by atoms with Crippen molar-refractivity contribution in [1.29, 1.82) is 5.26 Å².